The van der Waals surface area contributed by atoms with Crippen LogP contribution in [-0.2, 0) is 4.74 Å². The van der Waals surface area contributed by atoms with Gasteiger partial charge in [-0.3, -0.25) is 0 Å². The van der Waals surface area contributed by atoms with Crippen LogP contribution in [0.4, 0.5) is 5.69 Å². The molecule has 4 nitrogen and oxygen atoms in total. The van der Waals surface area contributed by atoms with Crippen LogP contribution in [-0.4, -0.2) is 19.2 Å². The lowest BCUT2D eigenvalue weighted by Crippen LogP contribution is -2.10. The highest BCUT2D eigenvalue weighted by molar-refractivity contribution is 5.94. The largest absolute Gasteiger partial charge is 0.491 e. The molecular weight excluding hydrogens is 242 g/mol. The van der Waals surface area contributed by atoms with E-state index in [0.717, 1.165) is 12.8 Å². The summed E-state index contributed by atoms with van der Waals surface area (Å²) in [6, 6.07) is 5.13. The Bertz CT molecular complexity index is 404. The van der Waals surface area contributed by atoms with Crippen molar-refractivity contribution in [3.8, 4) is 5.75 Å². The molecule has 19 heavy (non-hydrogen) atoms. The third-order valence-corrected chi connectivity index (χ3v) is 2.79. The summed E-state index contributed by atoms with van der Waals surface area (Å²) < 4.78 is 10.7. The molecule has 0 saturated carbocycles. The molecule has 0 aliphatic carbocycles. The molecule has 1 rings (SSSR count). The molecule has 0 aromatic heterocycles. The van der Waals surface area contributed by atoms with Crippen molar-refractivity contribution in [1.82, 2.24) is 0 Å². The minimum Gasteiger partial charge on any atom is -0.491 e. The Labute approximate surface area is 114 Å². The fraction of sp³-hybridized carbons (Fsp3) is 0.533. The molecule has 0 saturated heterocycles. The SMILES string of the molecule is CCCCCCOc1c(N)cccc1C(=O)OCC. The van der Waals surface area contributed by atoms with Crippen LogP contribution in [0.25, 0.3) is 0 Å². The Morgan fingerprint density at radius 3 is 2.68 bits per heavy atom. The molecule has 0 heterocycles. The van der Waals surface area contributed by atoms with Crippen molar-refractivity contribution >= 4 is 11.7 Å². The van der Waals surface area contributed by atoms with Gasteiger partial charge in [0.1, 0.15) is 5.56 Å². The van der Waals surface area contributed by atoms with Gasteiger partial charge in [0, 0.05) is 0 Å². The Hall–Kier alpha value is -1.71. The maximum Gasteiger partial charge on any atom is 0.341 e. The van der Waals surface area contributed by atoms with Gasteiger partial charge in [-0.05, 0) is 25.5 Å². The zero-order chi connectivity index (χ0) is 14.1. The first-order chi connectivity index (χ1) is 9.20. The molecule has 0 unspecified atom stereocenters. The van der Waals surface area contributed by atoms with Crippen LogP contribution in [0.3, 0.4) is 0 Å². The van der Waals surface area contributed by atoms with Gasteiger partial charge in [-0.15, -0.1) is 0 Å². The number of hydrogen-bond acceptors (Lipinski definition) is 4. The minimum atomic E-state index is -0.390. The quantitative estimate of drug-likeness (QED) is 0.444. The van der Waals surface area contributed by atoms with Crippen LogP contribution in [0.15, 0.2) is 18.2 Å². The third kappa shape index (κ3) is 4.81. The lowest BCUT2D eigenvalue weighted by Gasteiger charge is -2.13. The van der Waals surface area contributed by atoms with Crippen LogP contribution < -0.4 is 10.5 Å². The number of hydrogen-bond donors (Lipinski definition) is 1. The van der Waals surface area contributed by atoms with Crippen LogP contribution in [0.1, 0.15) is 49.9 Å². The number of nitrogen functional groups attached to an aromatic ring is 1. The van der Waals surface area contributed by atoms with Gasteiger partial charge in [0.15, 0.2) is 5.75 Å². The average Bonchev–Trinajstić information content (AvgIpc) is 2.40. The van der Waals surface area contributed by atoms with Crippen molar-refractivity contribution in [3.05, 3.63) is 23.8 Å². The highest BCUT2D eigenvalue weighted by Crippen LogP contribution is 2.27. The summed E-state index contributed by atoms with van der Waals surface area (Å²) in [6.07, 6.45) is 4.46. The van der Waals surface area contributed by atoms with E-state index >= 15 is 0 Å². The summed E-state index contributed by atoms with van der Waals surface area (Å²) in [7, 11) is 0. The lowest BCUT2D eigenvalue weighted by molar-refractivity contribution is 0.0521. The summed E-state index contributed by atoms with van der Waals surface area (Å²) in [4.78, 5) is 11.8. The molecule has 1 aromatic carbocycles. The van der Waals surface area contributed by atoms with Crippen molar-refractivity contribution in [1.29, 1.82) is 0 Å². The first-order valence-corrected chi connectivity index (χ1v) is 6.89. The Balaban J connectivity index is 2.67. The Morgan fingerprint density at radius 2 is 2.00 bits per heavy atom. The zero-order valence-electron chi connectivity index (χ0n) is 11.8. The first kappa shape index (κ1) is 15.3. The van der Waals surface area contributed by atoms with E-state index in [1.807, 2.05) is 0 Å². The van der Waals surface area contributed by atoms with Gasteiger partial charge in [-0.2, -0.15) is 0 Å². The molecule has 2 N–H and O–H groups in total. The minimum absolute atomic E-state index is 0.337. The standard InChI is InChI=1S/C15H23NO3/c1-3-5-6-7-11-19-14-12(15(17)18-4-2)9-8-10-13(14)16/h8-10H,3-7,11,16H2,1-2H3. The summed E-state index contributed by atoms with van der Waals surface area (Å²) >= 11 is 0. The second kappa shape index (κ2) is 8.40. The molecule has 0 aliphatic heterocycles. The molecule has 4 heteroatoms. The van der Waals surface area contributed by atoms with E-state index in [0.29, 0.717) is 30.2 Å². The van der Waals surface area contributed by atoms with E-state index in [2.05, 4.69) is 6.92 Å². The molecule has 0 spiro atoms. The number of anilines is 1. The van der Waals surface area contributed by atoms with E-state index in [1.165, 1.54) is 12.8 Å². The summed E-state index contributed by atoms with van der Waals surface area (Å²) in [6.45, 7) is 4.84. The lowest BCUT2D eigenvalue weighted by atomic mass is 10.1. The van der Waals surface area contributed by atoms with Gasteiger partial charge >= 0.3 is 5.97 Å². The second-order valence-electron chi connectivity index (χ2n) is 4.35. The molecule has 1 aromatic rings. The van der Waals surface area contributed by atoms with Gasteiger partial charge in [0.2, 0.25) is 0 Å². The highest BCUT2D eigenvalue weighted by atomic mass is 16.5. The normalized spacial score (nSPS) is 10.2. The number of esters is 1. The van der Waals surface area contributed by atoms with Crippen molar-refractivity contribution in [3.63, 3.8) is 0 Å². The van der Waals surface area contributed by atoms with Gasteiger partial charge in [0.25, 0.3) is 0 Å². The van der Waals surface area contributed by atoms with Crippen molar-refractivity contribution in [2.45, 2.75) is 39.5 Å². The smallest absolute Gasteiger partial charge is 0.341 e. The molecule has 0 aliphatic rings. The Morgan fingerprint density at radius 1 is 1.21 bits per heavy atom. The topological polar surface area (TPSA) is 61.5 Å². The Kier molecular flexibility index (Phi) is 6.79. The van der Waals surface area contributed by atoms with Crippen molar-refractivity contribution in [2.75, 3.05) is 18.9 Å². The predicted octanol–water partition coefficient (Wildman–Crippen LogP) is 3.40. The van der Waals surface area contributed by atoms with Gasteiger partial charge in [0.05, 0.1) is 18.9 Å². The monoisotopic (exact) mass is 265 g/mol. The average molecular weight is 265 g/mol. The number of ether oxygens (including phenoxy) is 2. The van der Waals surface area contributed by atoms with Crippen LogP contribution in [0, 0.1) is 0 Å². The van der Waals surface area contributed by atoms with E-state index < -0.39 is 5.97 Å². The maximum absolute atomic E-state index is 11.8. The molecule has 0 bridgehead atoms. The molecule has 106 valence electrons. The summed E-state index contributed by atoms with van der Waals surface area (Å²) in [5, 5.41) is 0. The molecular formula is C15H23NO3. The van der Waals surface area contributed by atoms with Crippen LogP contribution in [0.2, 0.25) is 0 Å². The van der Waals surface area contributed by atoms with Crippen LogP contribution >= 0.6 is 0 Å². The number of para-hydroxylation sites is 1. The molecule has 0 amide bonds. The van der Waals surface area contributed by atoms with E-state index in [9.17, 15) is 4.79 Å². The van der Waals surface area contributed by atoms with Gasteiger partial charge in [-0.25, -0.2) is 4.79 Å². The summed E-state index contributed by atoms with van der Waals surface area (Å²) in [5.41, 5.74) is 6.74. The number of carbonyl (C=O) groups excluding carboxylic acids is 1. The second-order valence-corrected chi connectivity index (χ2v) is 4.35. The van der Waals surface area contributed by atoms with E-state index in [-0.39, 0.29) is 0 Å². The van der Waals surface area contributed by atoms with Gasteiger partial charge < -0.3 is 15.2 Å². The molecule has 0 atom stereocenters. The zero-order valence-corrected chi connectivity index (χ0v) is 11.8. The van der Waals surface area contributed by atoms with Crippen molar-refractivity contribution in [2.24, 2.45) is 0 Å². The first-order valence-electron chi connectivity index (χ1n) is 6.89. The fourth-order valence-electron chi connectivity index (χ4n) is 1.79. The van der Waals surface area contributed by atoms with Crippen LogP contribution in [0.5, 0.6) is 5.75 Å². The predicted molar refractivity (Wildman–Crippen MR) is 76.4 cm³/mol. The van der Waals surface area contributed by atoms with E-state index in [1.54, 1.807) is 25.1 Å². The number of unbranched alkanes of at least 4 members (excludes halogenated alkanes) is 3. The molecule has 0 fully saturated rings. The highest BCUT2D eigenvalue weighted by Gasteiger charge is 2.15. The summed E-state index contributed by atoms with van der Waals surface area (Å²) in [5.74, 6) is 0.0517. The van der Waals surface area contributed by atoms with E-state index in [4.69, 9.17) is 15.2 Å². The number of benzene rings is 1. The third-order valence-electron chi connectivity index (χ3n) is 2.79. The number of rotatable bonds is 8. The maximum atomic E-state index is 11.8. The number of nitrogens with two attached hydrogens (primary N) is 1. The fourth-order valence-corrected chi connectivity index (χ4v) is 1.79. The van der Waals surface area contributed by atoms with Gasteiger partial charge in [-0.1, -0.05) is 32.3 Å². The van der Waals surface area contributed by atoms with Crippen molar-refractivity contribution < 1.29 is 14.3 Å². The number of carbonyl (C=O) groups is 1. The molecule has 0 radical (unpaired) electrons.